The van der Waals surface area contributed by atoms with Gasteiger partial charge in [-0.25, -0.2) is 4.98 Å². The molecular weight excluding hydrogens is 230 g/mol. The van der Waals surface area contributed by atoms with Crippen molar-refractivity contribution in [2.45, 2.75) is 53.1 Å². The van der Waals surface area contributed by atoms with Crippen molar-refractivity contribution in [2.75, 3.05) is 0 Å². The van der Waals surface area contributed by atoms with Gasteiger partial charge < -0.3 is 5.11 Å². The highest BCUT2D eigenvalue weighted by Gasteiger charge is 2.27. The van der Waals surface area contributed by atoms with Crippen LogP contribution in [0.5, 0.6) is 0 Å². The summed E-state index contributed by atoms with van der Waals surface area (Å²) in [4.78, 5) is 5.88. The maximum Gasteiger partial charge on any atom is 0.0971 e. The molecule has 2 rings (SSSR count). The van der Waals surface area contributed by atoms with Gasteiger partial charge in [0.05, 0.1) is 16.8 Å². The fourth-order valence-corrected chi connectivity index (χ4v) is 3.56. The Kier molecular flexibility index (Phi) is 3.41. The lowest BCUT2D eigenvalue weighted by molar-refractivity contribution is 0.138. The first-order valence-corrected chi connectivity index (χ1v) is 6.98. The molecule has 0 spiro atoms. The number of aliphatic hydroxyl groups is 1. The molecule has 0 saturated carbocycles. The van der Waals surface area contributed by atoms with Crippen LogP contribution in [0.1, 0.15) is 42.3 Å². The van der Waals surface area contributed by atoms with Crippen molar-refractivity contribution in [1.29, 1.82) is 0 Å². The summed E-state index contributed by atoms with van der Waals surface area (Å²) in [6.45, 7) is 8.62. The van der Waals surface area contributed by atoms with E-state index >= 15 is 0 Å². The summed E-state index contributed by atoms with van der Waals surface area (Å²) in [5, 5.41) is 11.0. The summed E-state index contributed by atoms with van der Waals surface area (Å²) in [6.07, 6.45) is 4.58. The zero-order chi connectivity index (χ0) is 12.6. The van der Waals surface area contributed by atoms with Crippen molar-refractivity contribution >= 4 is 11.3 Å². The SMILES string of the molecule is Cc1nc(CC2=CC(O)CC(C)(C)C2)sc1C. The number of aromatic nitrogens is 1. The first kappa shape index (κ1) is 12.8. The van der Waals surface area contributed by atoms with E-state index in [1.165, 1.54) is 15.5 Å². The van der Waals surface area contributed by atoms with E-state index in [0.29, 0.717) is 0 Å². The predicted octanol–water partition coefficient (Wildman–Crippen LogP) is 3.41. The Bertz CT molecular complexity index is 426. The highest BCUT2D eigenvalue weighted by atomic mass is 32.1. The van der Waals surface area contributed by atoms with Crippen LogP contribution in [0.2, 0.25) is 0 Å². The molecule has 1 aromatic rings. The Morgan fingerprint density at radius 3 is 2.71 bits per heavy atom. The highest BCUT2D eigenvalue weighted by molar-refractivity contribution is 7.11. The van der Waals surface area contributed by atoms with Crippen LogP contribution in [0.4, 0.5) is 0 Å². The Balaban J connectivity index is 2.13. The van der Waals surface area contributed by atoms with E-state index in [1.807, 2.05) is 6.08 Å². The number of allylic oxidation sites excluding steroid dienone is 1. The van der Waals surface area contributed by atoms with Crippen LogP contribution >= 0.6 is 11.3 Å². The van der Waals surface area contributed by atoms with E-state index in [0.717, 1.165) is 25.0 Å². The molecule has 1 aromatic heterocycles. The third kappa shape index (κ3) is 3.17. The van der Waals surface area contributed by atoms with Gasteiger partial charge in [0.15, 0.2) is 0 Å². The molecule has 1 N–H and O–H groups in total. The molecule has 1 atom stereocenters. The second-order valence-electron chi connectivity index (χ2n) is 5.86. The normalized spacial score (nSPS) is 23.6. The van der Waals surface area contributed by atoms with Gasteiger partial charge >= 0.3 is 0 Å². The third-order valence-corrected chi connectivity index (χ3v) is 4.42. The summed E-state index contributed by atoms with van der Waals surface area (Å²) in [5.41, 5.74) is 2.69. The predicted molar refractivity (Wildman–Crippen MR) is 72.4 cm³/mol. The van der Waals surface area contributed by atoms with Gasteiger partial charge in [-0.1, -0.05) is 25.5 Å². The zero-order valence-corrected chi connectivity index (χ0v) is 11.9. The Morgan fingerprint density at radius 1 is 1.47 bits per heavy atom. The van der Waals surface area contributed by atoms with Gasteiger partial charge in [0.1, 0.15) is 0 Å². The smallest absolute Gasteiger partial charge is 0.0971 e. The molecule has 17 heavy (non-hydrogen) atoms. The molecule has 1 heterocycles. The minimum Gasteiger partial charge on any atom is -0.389 e. The second-order valence-corrected chi connectivity index (χ2v) is 7.15. The van der Waals surface area contributed by atoms with Crippen LogP contribution in [0, 0.1) is 19.3 Å². The fraction of sp³-hybridized carbons (Fsp3) is 0.643. The van der Waals surface area contributed by atoms with Crippen molar-refractivity contribution < 1.29 is 5.11 Å². The van der Waals surface area contributed by atoms with Crippen molar-refractivity contribution in [3.8, 4) is 0 Å². The Hall–Kier alpha value is -0.670. The molecule has 2 nitrogen and oxygen atoms in total. The summed E-state index contributed by atoms with van der Waals surface area (Å²) < 4.78 is 0. The summed E-state index contributed by atoms with van der Waals surface area (Å²) >= 11 is 1.78. The van der Waals surface area contributed by atoms with Gasteiger partial charge in [-0.05, 0) is 32.1 Å². The van der Waals surface area contributed by atoms with E-state index in [9.17, 15) is 5.11 Å². The maximum atomic E-state index is 9.86. The molecule has 0 radical (unpaired) electrons. The van der Waals surface area contributed by atoms with Crippen LogP contribution in [-0.2, 0) is 6.42 Å². The first-order valence-electron chi connectivity index (χ1n) is 6.16. The van der Waals surface area contributed by atoms with Crippen LogP contribution in [0.25, 0.3) is 0 Å². The van der Waals surface area contributed by atoms with Crippen molar-refractivity contribution in [3.63, 3.8) is 0 Å². The summed E-state index contributed by atoms with van der Waals surface area (Å²) in [5.74, 6) is 0. The van der Waals surface area contributed by atoms with Crippen LogP contribution in [-0.4, -0.2) is 16.2 Å². The van der Waals surface area contributed by atoms with Gasteiger partial charge in [0, 0.05) is 11.3 Å². The number of thiazole rings is 1. The average Bonchev–Trinajstić information content (AvgIpc) is 2.41. The zero-order valence-electron chi connectivity index (χ0n) is 11.1. The van der Waals surface area contributed by atoms with Gasteiger partial charge in [0.2, 0.25) is 0 Å². The molecule has 94 valence electrons. The highest BCUT2D eigenvalue weighted by Crippen LogP contribution is 2.37. The maximum absolute atomic E-state index is 9.86. The van der Waals surface area contributed by atoms with E-state index in [-0.39, 0.29) is 11.5 Å². The topological polar surface area (TPSA) is 33.1 Å². The minimum atomic E-state index is -0.282. The molecule has 0 aromatic carbocycles. The van der Waals surface area contributed by atoms with Crippen molar-refractivity contribution in [2.24, 2.45) is 5.41 Å². The number of hydrogen-bond donors (Lipinski definition) is 1. The number of nitrogens with zero attached hydrogens (tertiary/aromatic N) is 1. The van der Waals surface area contributed by atoms with Gasteiger partial charge in [-0.3, -0.25) is 0 Å². The number of hydrogen-bond acceptors (Lipinski definition) is 3. The molecule has 1 aliphatic carbocycles. The molecule has 1 aliphatic rings. The molecule has 0 aliphatic heterocycles. The van der Waals surface area contributed by atoms with Crippen molar-refractivity contribution in [1.82, 2.24) is 4.98 Å². The van der Waals surface area contributed by atoms with Crippen LogP contribution in [0.15, 0.2) is 11.6 Å². The molecular formula is C14H21NOS. The van der Waals surface area contributed by atoms with E-state index in [2.05, 4.69) is 32.7 Å². The molecule has 0 bridgehead atoms. The quantitative estimate of drug-likeness (QED) is 0.817. The third-order valence-electron chi connectivity index (χ3n) is 3.35. The number of rotatable bonds is 2. The van der Waals surface area contributed by atoms with E-state index < -0.39 is 0 Å². The van der Waals surface area contributed by atoms with E-state index in [1.54, 1.807) is 11.3 Å². The second kappa shape index (κ2) is 4.54. The number of aliphatic hydroxyl groups excluding tert-OH is 1. The minimum absolute atomic E-state index is 0.213. The Morgan fingerprint density at radius 2 is 2.18 bits per heavy atom. The lowest BCUT2D eigenvalue weighted by atomic mass is 9.75. The molecule has 0 amide bonds. The van der Waals surface area contributed by atoms with E-state index in [4.69, 9.17) is 0 Å². The first-order chi connectivity index (χ1) is 7.85. The fourth-order valence-electron chi connectivity index (χ4n) is 2.57. The van der Waals surface area contributed by atoms with Crippen LogP contribution in [0.3, 0.4) is 0 Å². The largest absolute Gasteiger partial charge is 0.389 e. The Labute approximate surface area is 107 Å². The standard InChI is InChI=1S/C14H21NOS/c1-9-10(2)17-13(15-9)6-11-5-12(16)8-14(3,4)7-11/h5,12,16H,6-8H2,1-4H3. The average molecular weight is 251 g/mol. The van der Waals surface area contributed by atoms with Gasteiger partial charge in [0.25, 0.3) is 0 Å². The molecule has 0 saturated heterocycles. The lowest BCUT2D eigenvalue weighted by Crippen LogP contribution is -2.25. The number of aryl methyl sites for hydroxylation is 2. The lowest BCUT2D eigenvalue weighted by Gasteiger charge is -2.32. The molecule has 1 unspecified atom stereocenters. The van der Waals surface area contributed by atoms with Crippen molar-refractivity contribution in [3.05, 3.63) is 27.2 Å². The van der Waals surface area contributed by atoms with Gasteiger partial charge in [-0.15, -0.1) is 11.3 Å². The van der Waals surface area contributed by atoms with Crippen LogP contribution < -0.4 is 0 Å². The van der Waals surface area contributed by atoms with Gasteiger partial charge in [-0.2, -0.15) is 0 Å². The summed E-state index contributed by atoms with van der Waals surface area (Å²) in [7, 11) is 0. The monoisotopic (exact) mass is 251 g/mol. The molecule has 3 heteroatoms. The molecule has 0 fully saturated rings. The summed E-state index contributed by atoms with van der Waals surface area (Å²) in [6, 6.07) is 0.